The highest BCUT2D eigenvalue weighted by atomic mass is 32.2. The summed E-state index contributed by atoms with van der Waals surface area (Å²) in [6.45, 7) is 2.19. The van der Waals surface area contributed by atoms with E-state index in [-0.39, 0.29) is 41.8 Å². The zero-order chi connectivity index (χ0) is 24.2. The maximum absolute atomic E-state index is 12.9. The van der Waals surface area contributed by atoms with Crippen LogP contribution in [0.1, 0.15) is 51.9 Å². The molecule has 1 amide bonds. The summed E-state index contributed by atoms with van der Waals surface area (Å²) in [6.07, 6.45) is -1.15. The first-order valence-electron chi connectivity index (χ1n) is 11.0. The van der Waals surface area contributed by atoms with Gasteiger partial charge in [0.15, 0.2) is 0 Å². The SMILES string of the molecule is CC1CC1NS(=O)(=O)c1ccc(NC(=O)CCCN=C2CCCCC2=C(N)C(F)(F)F)cc1. The van der Waals surface area contributed by atoms with E-state index in [9.17, 15) is 26.4 Å². The zero-order valence-electron chi connectivity index (χ0n) is 18.4. The molecule has 2 aliphatic rings. The maximum atomic E-state index is 12.9. The van der Waals surface area contributed by atoms with Crippen LogP contribution in [0.4, 0.5) is 18.9 Å². The first-order valence-corrected chi connectivity index (χ1v) is 12.5. The van der Waals surface area contributed by atoms with Crippen LogP contribution in [-0.2, 0) is 14.8 Å². The smallest absolute Gasteiger partial charge is 0.394 e. The monoisotopic (exact) mass is 486 g/mol. The highest BCUT2D eigenvalue weighted by molar-refractivity contribution is 7.89. The van der Waals surface area contributed by atoms with Gasteiger partial charge in [-0.3, -0.25) is 9.79 Å². The number of nitrogens with zero attached hydrogens (tertiary/aromatic N) is 1. The third-order valence-electron chi connectivity index (χ3n) is 5.80. The number of nitrogens with one attached hydrogen (secondary N) is 2. The average Bonchev–Trinajstić information content (AvgIpc) is 3.44. The largest absolute Gasteiger partial charge is 0.431 e. The fraction of sp³-hybridized carbons (Fsp3) is 0.545. The fourth-order valence-corrected chi connectivity index (χ4v) is 5.03. The van der Waals surface area contributed by atoms with Crippen molar-refractivity contribution < 1.29 is 26.4 Å². The molecule has 2 fully saturated rings. The molecule has 1 aromatic rings. The molecule has 1 aromatic carbocycles. The number of halogens is 3. The Morgan fingerprint density at radius 1 is 1.18 bits per heavy atom. The van der Waals surface area contributed by atoms with E-state index in [0.29, 0.717) is 36.6 Å². The molecule has 0 spiro atoms. The van der Waals surface area contributed by atoms with Gasteiger partial charge in [0, 0.05) is 36.0 Å². The molecule has 2 atom stereocenters. The highest BCUT2D eigenvalue weighted by Crippen LogP contribution is 2.31. The van der Waals surface area contributed by atoms with Gasteiger partial charge in [0.05, 0.1) is 4.90 Å². The Bertz CT molecular complexity index is 1030. The molecule has 0 saturated heterocycles. The van der Waals surface area contributed by atoms with E-state index in [1.807, 2.05) is 6.92 Å². The Morgan fingerprint density at radius 2 is 1.82 bits per heavy atom. The van der Waals surface area contributed by atoms with Crippen LogP contribution in [-0.4, -0.2) is 38.8 Å². The summed E-state index contributed by atoms with van der Waals surface area (Å²) in [6, 6.07) is 5.87. The van der Waals surface area contributed by atoms with Crippen LogP contribution in [0.5, 0.6) is 0 Å². The number of anilines is 1. The Balaban J connectivity index is 1.49. The lowest BCUT2D eigenvalue weighted by Crippen LogP contribution is -2.26. The molecule has 33 heavy (non-hydrogen) atoms. The lowest BCUT2D eigenvalue weighted by molar-refractivity contribution is -0.116. The van der Waals surface area contributed by atoms with Gasteiger partial charge >= 0.3 is 6.18 Å². The summed E-state index contributed by atoms with van der Waals surface area (Å²) in [5.41, 5.74) is 5.12. The van der Waals surface area contributed by atoms with E-state index in [0.717, 1.165) is 12.8 Å². The zero-order valence-corrected chi connectivity index (χ0v) is 19.2. The number of carbonyl (C=O) groups excluding carboxylic acids is 1. The van der Waals surface area contributed by atoms with Crippen LogP contribution >= 0.6 is 0 Å². The van der Waals surface area contributed by atoms with Crippen molar-refractivity contribution in [1.29, 1.82) is 0 Å². The van der Waals surface area contributed by atoms with Gasteiger partial charge in [-0.2, -0.15) is 13.2 Å². The number of amides is 1. The highest BCUT2D eigenvalue weighted by Gasteiger charge is 2.37. The number of hydrogen-bond donors (Lipinski definition) is 3. The van der Waals surface area contributed by atoms with Crippen molar-refractivity contribution in [3.8, 4) is 0 Å². The Kier molecular flexibility index (Phi) is 7.84. The summed E-state index contributed by atoms with van der Waals surface area (Å²) in [5.74, 6) is 0.0520. The number of allylic oxidation sites excluding steroid dienone is 2. The van der Waals surface area contributed by atoms with Crippen molar-refractivity contribution in [1.82, 2.24) is 4.72 Å². The van der Waals surface area contributed by atoms with E-state index in [1.165, 1.54) is 24.3 Å². The third kappa shape index (κ3) is 7.04. The Labute approximate surface area is 191 Å². The quantitative estimate of drug-likeness (QED) is 0.484. The Hall–Kier alpha value is -2.40. The minimum absolute atomic E-state index is 0.0250. The van der Waals surface area contributed by atoms with Crippen molar-refractivity contribution in [3.63, 3.8) is 0 Å². The second-order valence-corrected chi connectivity index (χ2v) is 10.3. The standard InChI is InChI=1S/C22H29F3N4O3S/c1-14-13-19(14)29-33(31,32)16-10-8-15(9-11-16)28-20(30)7-4-12-27-18-6-3-2-5-17(18)21(26)22(23,24)25/h8-11,14,19,29H,2-7,12-13,26H2,1H3,(H,28,30). The lowest BCUT2D eigenvalue weighted by Gasteiger charge is -2.20. The molecule has 2 unspecified atom stereocenters. The van der Waals surface area contributed by atoms with Crippen molar-refractivity contribution >= 4 is 27.3 Å². The number of alkyl halides is 3. The molecule has 0 radical (unpaired) electrons. The number of hydrogen-bond acceptors (Lipinski definition) is 5. The summed E-state index contributed by atoms with van der Waals surface area (Å²) < 4.78 is 66.1. The number of carbonyl (C=O) groups is 1. The molecular formula is C22H29F3N4O3S. The average molecular weight is 487 g/mol. The van der Waals surface area contributed by atoms with E-state index in [1.54, 1.807) is 0 Å². The molecule has 2 aliphatic carbocycles. The molecule has 0 heterocycles. The molecule has 7 nitrogen and oxygen atoms in total. The van der Waals surface area contributed by atoms with Crippen molar-refractivity contribution in [3.05, 3.63) is 35.5 Å². The molecule has 0 bridgehead atoms. The number of sulfonamides is 1. The van der Waals surface area contributed by atoms with Gasteiger partial charge in [-0.05, 0) is 68.7 Å². The molecule has 11 heteroatoms. The van der Waals surface area contributed by atoms with Crippen molar-refractivity contribution in [2.45, 2.75) is 69.0 Å². The maximum Gasteiger partial charge on any atom is 0.431 e. The predicted molar refractivity (Wildman–Crippen MR) is 120 cm³/mol. The van der Waals surface area contributed by atoms with Crippen LogP contribution in [0.2, 0.25) is 0 Å². The molecule has 3 rings (SSSR count). The van der Waals surface area contributed by atoms with E-state index in [2.05, 4.69) is 15.0 Å². The van der Waals surface area contributed by atoms with Crippen LogP contribution < -0.4 is 15.8 Å². The van der Waals surface area contributed by atoms with Gasteiger partial charge < -0.3 is 11.1 Å². The second-order valence-electron chi connectivity index (χ2n) is 8.54. The third-order valence-corrected chi connectivity index (χ3v) is 7.30. The van der Waals surface area contributed by atoms with Crippen molar-refractivity contribution in [2.24, 2.45) is 16.6 Å². The van der Waals surface area contributed by atoms with Gasteiger partial charge in [-0.15, -0.1) is 0 Å². The number of benzene rings is 1. The number of aliphatic imine (C=N–C) groups is 1. The number of nitrogens with two attached hydrogens (primary N) is 1. The van der Waals surface area contributed by atoms with Gasteiger partial charge in [0.25, 0.3) is 0 Å². The second kappa shape index (κ2) is 10.3. The normalized spacial score (nSPS) is 23.9. The van der Waals surface area contributed by atoms with Crippen LogP contribution in [0, 0.1) is 5.92 Å². The summed E-state index contributed by atoms with van der Waals surface area (Å²) in [4.78, 5) is 16.6. The summed E-state index contributed by atoms with van der Waals surface area (Å²) in [7, 11) is -3.58. The molecule has 4 N–H and O–H groups in total. The van der Waals surface area contributed by atoms with Crippen LogP contribution in [0.25, 0.3) is 0 Å². The molecule has 0 aliphatic heterocycles. The Morgan fingerprint density at radius 3 is 2.42 bits per heavy atom. The summed E-state index contributed by atoms with van der Waals surface area (Å²) >= 11 is 0. The lowest BCUT2D eigenvalue weighted by atomic mass is 9.91. The van der Waals surface area contributed by atoms with Crippen LogP contribution in [0.3, 0.4) is 0 Å². The van der Waals surface area contributed by atoms with Crippen molar-refractivity contribution in [2.75, 3.05) is 11.9 Å². The van der Waals surface area contributed by atoms with Crippen LogP contribution in [0.15, 0.2) is 45.4 Å². The number of rotatable bonds is 8. The summed E-state index contributed by atoms with van der Waals surface area (Å²) in [5, 5.41) is 2.69. The molecule has 0 aromatic heterocycles. The minimum Gasteiger partial charge on any atom is -0.394 e. The molecule has 2 saturated carbocycles. The first kappa shape index (κ1) is 25.2. The van der Waals surface area contributed by atoms with E-state index >= 15 is 0 Å². The molecular weight excluding hydrogens is 457 g/mol. The molecule has 182 valence electrons. The van der Waals surface area contributed by atoms with Gasteiger partial charge in [0.2, 0.25) is 15.9 Å². The van der Waals surface area contributed by atoms with E-state index in [4.69, 9.17) is 5.73 Å². The van der Waals surface area contributed by atoms with Gasteiger partial charge in [0.1, 0.15) is 5.70 Å². The van der Waals surface area contributed by atoms with Gasteiger partial charge in [-0.1, -0.05) is 6.92 Å². The minimum atomic E-state index is -4.57. The predicted octanol–water partition coefficient (Wildman–Crippen LogP) is 3.88. The topological polar surface area (TPSA) is 114 Å². The fourth-order valence-electron chi connectivity index (χ4n) is 3.67. The van der Waals surface area contributed by atoms with Gasteiger partial charge in [-0.25, -0.2) is 13.1 Å². The van der Waals surface area contributed by atoms with E-state index < -0.39 is 21.9 Å². The first-order chi connectivity index (χ1) is 15.5.